The number of hydrogen-bond acceptors (Lipinski definition) is 2. The van der Waals surface area contributed by atoms with Crippen molar-refractivity contribution in [3.8, 4) is 33.4 Å². The van der Waals surface area contributed by atoms with Gasteiger partial charge in [-0.1, -0.05) is 123 Å². The third-order valence-electron chi connectivity index (χ3n) is 10.3. The summed E-state index contributed by atoms with van der Waals surface area (Å²) in [5, 5.41) is 2.50. The minimum absolute atomic E-state index is 0.0933. The Kier molecular flexibility index (Phi) is 7.00. The number of thioether (sulfide) groups is 1. The molecule has 3 heteroatoms. The summed E-state index contributed by atoms with van der Waals surface area (Å²) in [6.45, 7) is 4.71. The van der Waals surface area contributed by atoms with Gasteiger partial charge in [0.25, 0.3) is 0 Å². The minimum Gasteiger partial charge on any atom is -0.354 e. The third kappa shape index (κ3) is 4.80. The molecule has 0 aliphatic heterocycles. The van der Waals surface area contributed by atoms with Crippen molar-refractivity contribution in [1.82, 2.24) is 4.98 Å². The van der Waals surface area contributed by atoms with Gasteiger partial charge in [0.1, 0.15) is 0 Å². The summed E-state index contributed by atoms with van der Waals surface area (Å²) in [5.74, 6) is 0. The second-order valence-corrected chi connectivity index (χ2v) is 14.3. The predicted octanol–water partition coefficient (Wildman–Crippen LogP) is 13.2. The average molecular weight is 649 g/mol. The van der Waals surface area contributed by atoms with Crippen LogP contribution in [-0.4, -0.2) is 11.2 Å². The summed E-state index contributed by atoms with van der Waals surface area (Å²) in [6, 6.07) is 57.7. The summed E-state index contributed by atoms with van der Waals surface area (Å²) in [4.78, 5) is 7.43. The van der Waals surface area contributed by atoms with Crippen molar-refractivity contribution in [1.29, 1.82) is 0 Å². The van der Waals surface area contributed by atoms with E-state index in [4.69, 9.17) is 0 Å². The van der Waals surface area contributed by atoms with Crippen LogP contribution in [0.5, 0.6) is 0 Å². The summed E-state index contributed by atoms with van der Waals surface area (Å²) in [5.41, 5.74) is 15.9. The lowest BCUT2D eigenvalue weighted by molar-refractivity contribution is 0.660. The lowest BCUT2D eigenvalue weighted by Crippen LogP contribution is -2.16. The second kappa shape index (κ2) is 11.6. The molecule has 0 saturated heterocycles. The molecular formula is C46H36N2S. The molecule has 0 unspecified atom stereocenters. The van der Waals surface area contributed by atoms with E-state index in [1.807, 2.05) is 0 Å². The van der Waals surface area contributed by atoms with Gasteiger partial charge < -0.3 is 9.88 Å². The van der Waals surface area contributed by atoms with Gasteiger partial charge in [0, 0.05) is 49.2 Å². The van der Waals surface area contributed by atoms with Crippen LogP contribution in [0.25, 0.3) is 55.2 Å². The Morgan fingerprint density at radius 1 is 0.490 bits per heavy atom. The molecule has 0 spiro atoms. The molecule has 0 atom stereocenters. The first kappa shape index (κ1) is 29.6. The molecule has 0 saturated carbocycles. The number of aromatic nitrogens is 1. The standard InChI is InChI=1S/C46H36N2S/c1-46(2)41-18-9-7-14-35(41)36-26-24-34(29-42(36)46)48(32-22-20-31(21-23-32)30-12-5-4-6-13-30)33-25-27-44(49-3)40(28-33)39-17-11-16-38-37-15-8-10-19-43(37)47-45(38)39/h4-29,47H,1-3H3. The fraction of sp³-hybridized carbons (Fsp3) is 0.0870. The normalized spacial score (nSPS) is 13.0. The van der Waals surface area contributed by atoms with E-state index in [1.54, 1.807) is 11.8 Å². The van der Waals surface area contributed by atoms with E-state index in [0.717, 1.165) is 22.6 Å². The predicted molar refractivity (Wildman–Crippen MR) is 211 cm³/mol. The second-order valence-electron chi connectivity index (χ2n) is 13.4. The number of rotatable bonds is 6. The van der Waals surface area contributed by atoms with E-state index in [-0.39, 0.29) is 5.41 Å². The lowest BCUT2D eigenvalue weighted by atomic mass is 9.82. The van der Waals surface area contributed by atoms with Crippen molar-refractivity contribution in [3.05, 3.63) is 169 Å². The topological polar surface area (TPSA) is 19.0 Å². The molecule has 9 rings (SSSR count). The summed E-state index contributed by atoms with van der Waals surface area (Å²) >= 11 is 1.79. The van der Waals surface area contributed by atoms with Crippen molar-refractivity contribution >= 4 is 50.6 Å². The molecule has 8 aromatic rings. The number of fused-ring (bicyclic) bond motifs is 6. The van der Waals surface area contributed by atoms with Gasteiger partial charge in [0.15, 0.2) is 0 Å². The van der Waals surface area contributed by atoms with Gasteiger partial charge in [-0.25, -0.2) is 0 Å². The number of benzene rings is 7. The quantitative estimate of drug-likeness (QED) is 0.181. The van der Waals surface area contributed by atoms with Crippen LogP contribution >= 0.6 is 11.8 Å². The fourth-order valence-corrected chi connectivity index (χ4v) is 8.45. The van der Waals surface area contributed by atoms with Crippen LogP contribution in [-0.2, 0) is 5.41 Å². The van der Waals surface area contributed by atoms with Crippen LogP contribution in [0.4, 0.5) is 17.1 Å². The van der Waals surface area contributed by atoms with E-state index in [9.17, 15) is 0 Å². The number of anilines is 3. The van der Waals surface area contributed by atoms with E-state index in [2.05, 4.69) is 188 Å². The molecule has 0 bridgehead atoms. The molecule has 236 valence electrons. The van der Waals surface area contributed by atoms with E-state index < -0.39 is 0 Å². The molecule has 1 N–H and O–H groups in total. The highest BCUT2D eigenvalue weighted by Gasteiger charge is 2.35. The molecule has 1 aromatic heterocycles. The van der Waals surface area contributed by atoms with Gasteiger partial charge >= 0.3 is 0 Å². The van der Waals surface area contributed by atoms with E-state index in [0.29, 0.717) is 0 Å². The van der Waals surface area contributed by atoms with E-state index in [1.165, 1.54) is 65.7 Å². The largest absolute Gasteiger partial charge is 0.354 e. The molecular weight excluding hydrogens is 613 g/mol. The molecule has 1 aliphatic carbocycles. The number of nitrogens with zero attached hydrogens (tertiary/aromatic N) is 1. The molecule has 1 heterocycles. The van der Waals surface area contributed by atoms with Crippen molar-refractivity contribution < 1.29 is 0 Å². The maximum absolute atomic E-state index is 3.75. The molecule has 1 aliphatic rings. The van der Waals surface area contributed by atoms with Crippen molar-refractivity contribution in [3.63, 3.8) is 0 Å². The first-order valence-corrected chi connectivity index (χ1v) is 18.1. The maximum Gasteiger partial charge on any atom is 0.0544 e. The summed E-state index contributed by atoms with van der Waals surface area (Å²) in [7, 11) is 0. The third-order valence-corrected chi connectivity index (χ3v) is 11.1. The Hall–Kier alpha value is -5.51. The molecule has 49 heavy (non-hydrogen) atoms. The Labute approximate surface area is 292 Å². The van der Waals surface area contributed by atoms with Crippen LogP contribution < -0.4 is 4.90 Å². The molecule has 7 aromatic carbocycles. The van der Waals surface area contributed by atoms with Crippen molar-refractivity contribution in [2.75, 3.05) is 11.2 Å². The molecule has 0 radical (unpaired) electrons. The van der Waals surface area contributed by atoms with Crippen LogP contribution in [0.1, 0.15) is 25.0 Å². The Morgan fingerprint density at radius 3 is 1.96 bits per heavy atom. The fourth-order valence-electron chi connectivity index (χ4n) is 7.86. The summed E-state index contributed by atoms with van der Waals surface area (Å²) < 4.78 is 0. The highest BCUT2D eigenvalue weighted by atomic mass is 32.2. The first-order valence-electron chi connectivity index (χ1n) is 16.9. The Bertz CT molecular complexity index is 2510. The highest BCUT2D eigenvalue weighted by Crippen LogP contribution is 2.51. The van der Waals surface area contributed by atoms with Crippen LogP contribution in [0.15, 0.2) is 163 Å². The maximum atomic E-state index is 3.75. The van der Waals surface area contributed by atoms with Gasteiger partial charge in [-0.15, -0.1) is 11.8 Å². The van der Waals surface area contributed by atoms with Gasteiger partial charge in [0.05, 0.1) is 5.52 Å². The number of nitrogens with one attached hydrogen (secondary N) is 1. The number of hydrogen-bond donors (Lipinski definition) is 1. The minimum atomic E-state index is -0.0933. The zero-order chi connectivity index (χ0) is 33.1. The average Bonchev–Trinajstić information content (AvgIpc) is 3.64. The molecule has 0 amide bonds. The SMILES string of the molecule is CSc1ccc(N(c2ccc(-c3ccccc3)cc2)c2ccc3c(c2)C(C)(C)c2ccccc2-3)cc1-c1cccc2c1[nH]c1ccccc12. The van der Waals surface area contributed by atoms with Crippen molar-refractivity contribution in [2.24, 2.45) is 0 Å². The molecule has 0 fully saturated rings. The molecule has 2 nitrogen and oxygen atoms in total. The Morgan fingerprint density at radius 2 is 1.12 bits per heavy atom. The van der Waals surface area contributed by atoms with Gasteiger partial charge in [-0.2, -0.15) is 0 Å². The van der Waals surface area contributed by atoms with Crippen LogP contribution in [0, 0.1) is 0 Å². The highest BCUT2D eigenvalue weighted by molar-refractivity contribution is 7.98. The number of H-pyrrole nitrogens is 1. The lowest BCUT2D eigenvalue weighted by Gasteiger charge is -2.29. The number of para-hydroxylation sites is 2. The first-order chi connectivity index (χ1) is 24.0. The smallest absolute Gasteiger partial charge is 0.0544 e. The van der Waals surface area contributed by atoms with Gasteiger partial charge in [0.2, 0.25) is 0 Å². The zero-order valence-electron chi connectivity index (χ0n) is 27.9. The summed E-state index contributed by atoms with van der Waals surface area (Å²) in [6.07, 6.45) is 2.17. The van der Waals surface area contributed by atoms with Gasteiger partial charge in [-0.3, -0.25) is 0 Å². The number of aromatic amines is 1. The van der Waals surface area contributed by atoms with E-state index >= 15 is 0 Å². The van der Waals surface area contributed by atoms with Crippen molar-refractivity contribution in [2.45, 2.75) is 24.2 Å². The Balaban J connectivity index is 1.24. The monoisotopic (exact) mass is 648 g/mol. The zero-order valence-corrected chi connectivity index (χ0v) is 28.7. The van der Waals surface area contributed by atoms with Crippen LogP contribution in [0.3, 0.4) is 0 Å². The van der Waals surface area contributed by atoms with Gasteiger partial charge in [-0.05, 0) is 93.7 Å². The van der Waals surface area contributed by atoms with Crippen LogP contribution in [0.2, 0.25) is 0 Å².